The number of hydrogen-bond donors (Lipinski definition) is 1. The average Bonchev–Trinajstić information content (AvgIpc) is 2.13. The number of likely N-dealkylation sites (N-methyl/N-ethyl adjacent to an activating group) is 3. The van der Waals surface area contributed by atoms with Crippen LogP contribution in [0.2, 0.25) is 0 Å². The highest BCUT2D eigenvalue weighted by Crippen LogP contribution is 1.93. The van der Waals surface area contributed by atoms with Crippen molar-refractivity contribution in [2.75, 3.05) is 53.9 Å². The van der Waals surface area contributed by atoms with Crippen LogP contribution in [0.5, 0.6) is 0 Å². The van der Waals surface area contributed by atoms with E-state index in [1.165, 1.54) is 26.2 Å². The third kappa shape index (κ3) is 7.90. The molecule has 0 spiro atoms. The van der Waals surface area contributed by atoms with Gasteiger partial charge in [0.15, 0.2) is 0 Å². The number of piperazine rings is 1. The standard InChI is InChI=1S/C6H14N2.C3H7NO/c1-7-3-5-8(2)6-4-7;1-4-2-3-5/h3-6H2,1-2H3;3-4H,2H2,1H3. The van der Waals surface area contributed by atoms with Crippen LogP contribution >= 0.6 is 0 Å². The van der Waals surface area contributed by atoms with E-state index in [0.29, 0.717) is 6.54 Å². The van der Waals surface area contributed by atoms with E-state index in [9.17, 15) is 4.79 Å². The second-order valence-electron chi connectivity index (χ2n) is 3.33. The quantitative estimate of drug-likeness (QED) is 0.578. The molecule has 13 heavy (non-hydrogen) atoms. The summed E-state index contributed by atoms with van der Waals surface area (Å²) in [6, 6.07) is 0. The first-order valence-electron chi connectivity index (χ1n) is 4.66. The molecule has 0 unspecified atom stereocenters. The van der Waals surface area contributed by atoms with E-state index >= 15 is 0 Å². The van der Waals surface area contributed by atoms with Gasteiger partial charge in [-0.3, -0.25) is 0 Å². The zero-order valence-corrected chi connectivity index (χ0v) is 8.92. The van der Waals surface area contributed by atoms with Crippen LogP contribution in [0.15, 0.2) is 0 Å². The van der Waals surface area contributed by atoms with Crippen LogP contribution in [0.1, 0.15) is 0 Å². The molecule has 0 amide bonds. The molecule has 1 rings (SSSR count). The van der Waals surface area contributed by atoms with E-state index < -0.39 is 0 Å². The third-order valence-corrected chi connectivity index (χ3v) is 2.01. The van der Waals surface area contributed by atoms with Gasteiger partial charge in [0.05, 0.1) is 6.54 Å². The zero-order chi connectivity index (χ0) is 10.1. The van der Waals surface area contributed by atoms with Crippen LogP contribution in [0.4, 0.5) is 0 Å². The molecule has 4 nitrogen and oxygen atoms in total. The lowest BCUT2D eigenvalue weighted by atomic mass is 10.4. The molecule has 1 aliphatic rings. The zero-order valence-electron chi connectivity index (χ0n) is 8.92. The minimum Gasteiger partial charge on any atom is -0.313 e. The van der Waals surface area contributed by atoms with Crippen LogP contribution in [-0.4, -0.2) is 70.0 Å². The predicted molar refractivity (Wildman–Crippen MR) is 55.0 cm³/mol. The van der Waals surface area contributed by atoms with Gasteiger partial charge in [0.1, 0.15) is 6.29 Å². The van der Waals surface area contributed by atoms with Crippen LogP contribution < -0.4 is 5.32 Å². The van der Waals surface area contributed by atoms with E-state index in [2.05, 4.69) is 29.2 Å². The maximum atomic E-state index is 9.34. The minimum absolute atomic E-state index is 0.458. The predicted octanol–water partition coefficient (Wildman–Crippen LogP) is -0.732. The van der Waals surface area contributed by atoms with Crippen LogP contribution in [0, 0.1) is 0 Å². The van der Waals surface area contributed by atoms with E-state index in [1.807, 2.05) is 0 Å². The lowest BCUT2D eigenvalue weighted by molar-refractivity contribution is -0.107. The molecule has 78 valence electrons. The van der Waals surface area contributed by atoms with Gasteiger partial charge >= 0.3 is 0 Å². The Morgan fingerprint density at radius 1 is 1.15 bits per heavy atom. The molecule has 1 fully saturated rings. The SMILES string of the molecule is CN1CCN(C)CC1.CNCC=O. The first-order valence-corrected chi connectivity index (χ1v) is 4.66. The molecule has 0 aromatic rings. The number of carbonyl (C=O) groups is 1. The van der Waals surface area contributed by atoms with Crippen molar-refractivity contribution in [3.63, 3.8) is 0 Å². The van der Waals surface area contributed by atoms with Crippen molar-refractivity contribution in [2.45, 2.75) is 0 Å². The van der Waals surface area contributed by atoms with E-state index in [1.54, 1.807) is 7.05 Å². The summed E-state index contributed by atoms with van der Waals surface area (Å²) in [6.45, 7) is 5.39. The fraction of sp³-hybridized carbons (Fsp3) is 0.889. The normalized spacial score (nSPS) is 19.0. The van der Waals surface area contributed by atoms with Gasteiger partial charge < -0.3 is 19.9 Å². The van der Waals surface area contributed by atoms with Crippen molar-refractivity contribution >= 4 is 6.29 Å². The molecule has 0 bridgehead atoms. The number of nitrogens with one attached hydrogen (secondary N) is 1. The molecule has 1 aliphatic heterocycles. The number of aldehydes is 1. The number of carbonyl (C=O) groups excluding carboxylic acids is 1. The molecule has 0 saturated carbocycles. The van der Waals surface area contributed by atoms with Gasteiger partial charge in [0.25, 0.3) is 0 Å². The Hall–Kier alpha value is -0.450. The van der Waals surface area contributed by atoms with Gasteiger partial charge in [-0.1, -0.05) is 0 Å². The van der Waals surface area contributed by atoms with Crippen molar-refractivity contribution in [1.29, 1.82) is 0 Å². The average molecular weight is 187 g/mol. The Morgan fingerprint density at radius 2 is 1.54 bits per heavy atom. The summed E-state index contributed by atoms with van der Waals surface area (Å²) in [5.41, 5.74) is 0. The summed E-state index contributed by atoms with van der Waals surface area (Å²) < 4.78 is 0. The molecule has 0 atom stereocenters. The smallest absolute Gasteiger partial charge is 0.133 e. The second kappa shape index (κ2) is 8.16. The van der Waals surface area contributed by atoms with Crippen molar-refractivity contribution in [2.24, 2.45) is 0 Å². The topological polar surface area (TPSA) is 35.6 Å². The Kier molecular flexibility index (Phi) is 7.88. The molecule has 4 heteroatoms. The summed E-state index contributed by atoms with van der Waals surface area (Å²) in [5.74, 6) is 0. The van der Waals surface area contributed by atoms with Crippen molar-refractivity contribution in [1.82, 2.24) is 15.1 Å². The molecule has 0 aliphatic carbocycles. The lowest BCUT2D eigenvalue weighted by Crippen LogP contribution is -2.42. The molecular formula is C9H21N3O. The molecule has 0 radical (unpaired) electrons. The minimum atomic E-state index is 0.458. The maximum Gasteiger partial charge on any atom is 0.133 e. The molecule has 0 aromatic heterocycles. The van der Waals surface area contributed by atoms with Crippen LogP contribution in [0.3, 0.4) is 0 Å². The fourth-order valence-corrected chi connectivity index (χ4v) is 0.990. The van der Waals surface area contributed by atoms with Crippen molar-refractivity contribution < 1.29 is 4.79 Å². The Balaban J connectivity index is 0.000000252. The Morgan fingerprint density at radius 3 is 1.69 bits per heavy atom. The summed E-state index contributed by atoms with van der Waals surface area (Å²) >= 11 is 0. The Bertz CT molecular complexity index is 112. The summed E-state index contributed by atoms with van der Waals surface area (Å²) in [4.78, 5) is 14.1. The van der Waals surface area contributed by atoms with Gasteiger partial charge in [-0.15, -0.1) is 0 Å². The Labute approximate surface area is 80.9 Å². The molecule has 1 heterocycles. The molecule has 1 N–H and O–H groups in total. The van der Waals surface area contributed by atoms with E-state index in [0.717, 1.165) is 6.29 Å². The monoisotopic (exact) mass is 187 g/mol. The van der Waals surface area contributed by atoms with Gasteiger partial charge in [-0.2, -0.15) is 0 Å². The highest BCUT2D eigenvalue weighted by molar-refractivity contribution is 5.51. The summed E-state index contributed by atoms with van der Waals surface area (Å²) in [5, 5.41) is 2.65. The largest absolute Gasteiger partial charge is 0.313 e. The van der Waals surface area contributed by atoms with Crippen LogP contribution in [0.25, 0.3) is 0 Å². The summed E-state index contributed by atoms with van der Waals surface area (Å²) in [6.07, 6.45) is 0.819. The van der Waals surface area contributed by atoms with Gasteiger partial charge in [0.2, 0.25) is 0 Å². The highest BCUT2D eigenvalue weighted by atomic mass is 16.1. The number of rotatable bonds is 2. The third-order valence-electron chi connectivity index (χ3n) is 2.01. The number of hydrogen-bond acceptors (Lipinski definition) is 4. The van der Waals surface area contributed by atoms with Gasteiger partial charge in [-0.05, 0) is 21.1 Å². The molecular weight excluding hydrogens is 166 g/mol. The number of nitrogens with zero attached hydrogens (tertiary/aromatic N) is 2. The first kappa shape index (κ1) is 12.6. The maximum absolute atomic E-state index is 9.34. The second-order valence-corrected chi connectivity index (χ2v) is 3.33. The van der Waals surface area contributed by atoms with Crippen molar-refractivity contribution in [3.05, 3.63) is 0 Å². The molecule has 0 aromatic carbocycles. The van der Waals surface area contributed by atoms with Crippen LogP contribution in [-0.2, 0) is 4.79 Å². The van der Waals surface area contributed by atoms with Crippen molar-refractivity contribution in [3.8, 4) is 0 Å². The summed E-state index contributed by atoms with van der Waals surface area (Å²) in [7, 11) is 6.08. The first-order chi connectivity index (χ1) is 6.20. The fourth-order valence-electron chi connectivity index (χ4n) is 0.990. The molecule has 1 saturated heterocycles. The van der Waals surface area contributed by atoms with Gasteiger partial charge in [-0.25, -0.2) is 0 Å². The lowest BCUT2D eigenvalue weighted by Gasteiger charge is -2.28. The van der Waals surface area contributed by atoms with E-state index in [4.69, 9.17) is 0 Å². The highest BCUT2D eigenvalue weighted by Gasteiger charge is 2.07. The van der Waals surface area contributed by atoms with E-state index in [-0.39, 0.29) is 0 Å². The van der Waals surface area contributed by atoms with Gasteiger partial charge in [0, 0.05) is 26.2 Å².